The Morgan fingerprint density at radius 2 is 0.783 bits per heavy atom. The molecule has 318 valence electrons. The summed E-state index contributed by atoms with van der Waals surface area (Å²) < 4.78 is 24.0. The first kappa shape index (κ1) is 43.7. The summed E-state index contributed by atoms with van der Waals surface area (Å²) in [7, 11) is 0. The van der Waals surface area contributed by atoms with Crippen molar-refractivity contribution >= 4 is 80.0 Å². The van der Waals surface area contributed by atoms with E-state index < -0.39 is 36.4 Å². The van der Waals surface area contributed by atoms with Gasteiger partial charge in [0.25, 0.3) is 0 Å². The van der Waals surface area contributed by atoms with E-state index in [4.69, 9.17) is 18.9 Å². The maximum Gasteiger partial charge on any atom is 0.348 e. The van der Waals surface area contributed by atoms with Gasteiger partial charge in [0.15, 0.2) is 12.2 Å². The van der Waals surface area contributed by atoms with Gasteiger partial charge in [0.1, 0.15) is 22.0 Å². The molecule has 60 heavy (non-hydrogen) atoms. The lowest BCUT2D eigenvalue weighted by molar-refractivity contribution is -0.0283. The highest BCUT2D eigenvalue weighted by Crippen LogP contribution is 2.42. The quantitative estimate of drug-likeness (QED) is 0.0499. The molecule has 0 unspecified atom stereocenters. The molecule has 2 aliphatic rings. The van der Waals surface area contributed by atoms with Gasteiger partial charge in [0.2, 0.25) is 0 Å². The van der Waals surface area contributed by atoms with Crippen LogP contribution < -0.4 is 0 Å². The number of rotatable bonds is 22. The van der Waals surface area contributed by atoms with Crippen LogP contribution in [0.5, 0.6) is 0 Å². The number of fused-ring (bicyclic) bond motifs is 1. The molecule has 8 heterocycles. The highest BCUT2D eigenvalue weighted by molar-refractivity contribution is 7.27. The molecule has 0 saturated carbocycles. The Morgan fingerprint density at radius 1 is 0.450 bits per heavy atom. The number of unbranched alkanes of at least 4 members (excludes halogenated alkanes) is 10. The second-order valence-electron chi connectivity index (χ2n) is 15.7. The molecule has 6 aromatic rings. The topological polar surface area (TPSA) is 71.1 Å². The highest BCUT2D eigenvalue weighted by atomic mass is 32.1. The van der Waals surface area contributed by atoms with Gasteiger partial charge in [-0.3, -0.25) is 0 Å². The minimum atomic E-state index is -0.578. The van der Waals surface area contributed by atoms with Gasteiger partial charge in [-0.05, 0) is 98.5 Å². The van der Waals surface area contributed by atoms with Gasteiger partial charge >= 0.3 is 11.9 Å². The average molecular weight is 919 g/mol. The number of carbonyl (C=O) groups excluding carboxylic acids is 2. The van der Waals surface area contributed by atoms with Crippen LogP contribution in [0.1, 0.15) is 120 Å². The van der Waals surface area contributed by atoms with Crippen LogP contribution in [0.25, 0.3) is 39.0 Å². The predicted octanol–water partition coefficient (Wildman–Crippen LogP) is 15.1. The highest BCUT2D eigenvalue weighted by Gasteiger charge is 2.51. The second kappa shape index (κ2) is 21.4. The largest absolute Gasteiger partial charge is 0.453 e. The molecule has 12 heteroatoms. The van der Waals surface area contributed by atoms with E-state index in [1.165, 1.54) is 129 Å². The number of ether oxygens (including phenoxy) is 4. The molecule has 0 amide bonds. The van der Waals surface area contributed by atoms with Crippen molar-refractivity contribution in [2.75, 3.05) is 13.2 Å². The Bertz CT molecular complexity index is 2130. The van der Waals surface area contributed by atoms with E-state index in [-0.39, 0.29) is 13.2 Å². The Labute approximate surface area is 378 Å². The lowest BCUT2D eigenvalue weighted by Crippen LogP contribution is -2.35. The zero-order chi connectivity index (χ0) is 41.3. The van der Waals surface area contributed by atoms with Crippen LogP contribution in [0.3, 0.4) is 0 Å². The Hall–Kier alpha value is -2.94. The van der Waals surface area contributed by atoms with E-state index >= 15 is 0 Å². The number of aryl methyl sites for hydroxylation is 2. The van der Waals surface area contributed by atoms with E-state index in [9.17, 15) is 9.59 Å². The van der Waals surface area contributed by atoms with Crippen molar-refractivity contribution in [2.45, 2.75) is 128 Å². The normalized spacial score (nSPS) is 18.6. The van der Waals surface area contributed by atoms with Crippen molar-refractivity contribution in [3.05, 3.63) is 92.3 Å². The number of thiophene rings is 6. The van der Waals surface area contributed by atoms with Gasteiger partial charge in [-0.2, -0.15) is 0 Å². The maximum atomic E-state index is 13.3. The van der Waals surface area contributed by atoms with E-state index in [0.717, 1.165) is 32.4 Å². The van der Waals surface area contributed by atoms with Crippen molar-refractivity contribution in [3.8, 4) is 39.0 Å². The smallest absolute Gasteiger partial charge is 0.348 e. The summed E-state index contributed by atoms with van der Waals surface area (Å²) in [5, 5.41) is 0. The van der Waals surface area contributed by atoms with Crippen LogP contribution in [0, 0.1) is 0 Å². The molecule has 2 aliphatic heterocycles. The van der Waals surface area contributed by atoms with Gasteiger partial charge in [-0.1, -0.05) is 78.1 Å². The van der Waals surface area contributed by atoms with Gasteiger partial charge in [0, 0.05) is 48.8 Å². The summed E-state index contributed by atoms with van der Waals surface area (Å²) >= 11 is 10.2. The third kappa shape index (κ3) is 11.0. The standard InChI is InChI=1S/C48H54O6S6/c1-3-5-7-9-11-13-15-31-17-19-35(55-31)37-21-23-39(57-37)41-25-27-43(59-41)47(49)53-33-29-51-46-34(30-52-45(33)46)54-48(50)44-28-26-42(60-44)40-24-22-38(58-40)36-20-18-32(56-36)16-14-12-10-8-6-4-2/h17-28,33-34,45-46H,3-16,29-30H2,1-2H3/t33-,34+,45-,46-/m1/s1. The molecule has 0 radical (unpaired) electrons. The van der Waals surface area contributed by atoms with Crippen molar-refractivity contribution in [1.82, 2.24) is 0 Å². The fourth-order valence-electron chi connectivity index (χ4n) is 7.84. The first-order valence-corrected chi connectivity index (χ1v) is 26.6. The van der Waals surface area contributed by atoms with Gasteiger partial charge in [-0.25, -0.2) is 9.59 Å². The van der Waals surface area contributed by atoms with E-state index in [1.54, 1.807) is 22.7 Å². The first-order chi connectivity index (χ1) is 29.4. The minimum Gasteiger partial charge on any atom is -0.453 e. The maximum absolute atomic E-state index is 13.3. The zero-order valence-corrected chi connectivity index (χ0v) is 39.3. The molecule has 0 aliphatic carbocycles. The molecule has 4 atom stereocenters. The molecule has 0 spiro atoms. The second-order valence-corrected chi connectivity index (χ2v) is 22.4. The summed E-state index contributed by atoms with van der Waals surface area (Å²) in [5.74, 6) is -0.788. The minimum absolute atomic E-state index is 0.192. The summed E-state index contributed by atoms with van der Waals surface area (Å²) in [6, 6.07) is 25.4. The van der Waals surface area contributed by atoms with Crippen LogP contribution >= 0.6 is 68.0 Å². The third-order valence-electron chi connectivity index (χ3n) is 11.2. The predicted molar refractivity (Wildman–Crippen MR) is 254 cm³/mol. The van der Waals surface area contributed by atoms with Crippen LogP contribution in [0.15, 0.2) is 72.8 Å². The zero-order valence-electron chi connectivity index (χ0n) is 34.5. The van der Waals surface area contributed by atoms with Gasteiger partial charge < -0.3 is 18.9 Å². The summed E-state index contributed by atoms with van der Waals surface area (Å²) in [6.07, 6.45) is 15.9. The molecule has 2 saturated heterocycles. The summed E-state index contributed by atoms with van der Waals surface area (Å²) in [5.41, 5.74) is 0. The molecule has 0 bridgehead atoms. The van der Waals surface area contributed by atoms with Gasteiger partial charge in [-0.15, -0.1) is 68.0 Å². The molecule has 6 aromatic heterocycles. The van der Waals surface area contributed by atoms with Crippen LogP contribution in [0.2, 0.25) is 0 Å². The number of hydrogen-bond acceptors (Lipinski definition) is 12. The van der Waals surface area contributed by atoms with Gasteiger partial charge in [0.05, 0.1) is 13.2 Å². The lowest BCUT2D eigenvalue weighted by Gasteiger charge is -2.17. The van der Waals surface area contributed by atoms with E-state index in [1.807, 2.05) is 46.9 Å². The SMILES string of the molecule is CCCCCCCCc1ccc(-c2ccc(-c3ccc(C(=O)O[C@H]4CO[C@H]5[C@@H]4OC[C@H]5OC(=O)c4ccc(-c5ccc(-c6ccc(CCCCCCCC)s6)s5)s4)s3)s2)s1. The Morgan fingerprint density at radius 3 is 1.20 bits per heavy atom. The van der Waals surface area contributed by atoms with Crippen molar-refractivity contribution in [1.29, 1.82) is 0 Å². The Balaban J connectivity index is 0.792. The number of carbonyl (C=O) groups is 2. The molecular weight excluding hydrogens is 865 g/mol. The number of hydrogen-bond donors (Lipinski definition) is 0. The van der Waals surface area contributed by atoms with Crippen molar-refractivity contribution < 1.29 is 28.5 Å². The molecule has 0 N–H and O–H groups in total. The van der Waals surface area contributed by atoms with Crippen LogP contribution in [-0.2, 0) is 31.8 Å². The fraction of sp³-hybridized carbons (Fsp3) is 0.458. The van der Waals surface area contributed by atoms with Crippen molar-refractivity contribution in [2.24, 2.45) is 0 Å². The van der Waals surface area contributed by atoms with Crippen LogP contribution in [-0.4, -0.2) is 49.6 Å². The first-order valence-electron chi connectivity index (χ1n) is 21.7. The van der Waals surface area contributed by atoms with E-state index in [2.05, 4.69) is 62.4 Å². The monoisotopic (exact) mass is 918 g/mol. The van der Waals surface area contributed by atoms with E-state index in [0.29, 0.717) is 9.75 Å². The third-order valence-corrected chi connectivity index (χ3v) is 18.5. The molecule has 8 rings (SSSR count). The fourth-order valence-corrected chi connectivity index (χ4v) is 14.1. The number of esters is 2. The van der Waals surface area contributed by atoms with Crippen LogP contribution in [0.4, 0.5) is 0 Å². The lowest BCUT2D eigenvalue weighted by atomic mass is 10.1. The summed E-state index contributed by atoms with van der Waals surface area (Å²) in [6.45, 7) is 4.91. The molecule has 0 aromatic carbocycles. The molecule has 6 nitrogen and oxygen atoms in total. The summed E-state index contributed by atoms with van der Waals surface area (Å²) in [4.78, 5) is 40.1. The van der Waals surface area contributed by atoms with Crippen molar-refractivity contribution in [3.63, 3.8) is 0 Å². The molecule has 2 fully saturated rings. The average Bonchev–Trinajstić information content (AvgIpc) is 4.10. The molecular formula is C48H54O6S6. The Kier molecular flexibility index (Phi) is 15.6.